The third-order valence-electron chi connectivity index (χ3n) is 3.61. The van der Waals surface area contributed by atoms with E-state index in [0.29, 0.717) is 0 Å². The Morgan fingerprint density at radius 3 is 1.25 bits per heavy atom. The Hall–Kier alpha value is -0.860. The zero-order valence-electron chi connectivity index (χ0n) is 14.0. The summed E-state index contributed by atoms with van der Waals surface area (Å²) in [6, 6.07) is 8.62. The highest BCUT2D eigenvalue weighted by Crippen LogP contribution is 2.29. The minimum absolute atomic E-state index is 0.233. The van der Waals surface area contributed by atoms with Gasteiger partial charge in [0.25, 0.3) is 0 Å². The number of benzene rings is 1. The van der Waals surface area contributed by atoms with Crippen molar-refractivity contribution >= 4 is 0 Å². The van der Waals surface area contributed by atoms with Crippen LogP contribution in [0.3, 0.4) is 0 Å². The molecule has 0 bridgehead atoms. The first-order valence-electron chi connectivity index (χ1n) is 7.72. The van der Waals surface area contributed by atoms with Crippen molar-refractivity contribution in [1.82, 2.24) is 0 Å². The summed E-state index contributed by atoms with van der Waals surface area (Å²) in [5.41, 5.74) is 1.95. The van der Waals surface area contributed by atoms with Gasteiger partial charge in [-0.1, -0.05) is 38.1 Å². The number of rotatable bonds is 8. The maximum absolute atomic E-state index is 5.92. The molecular formula is C18H30O2. The van der Waals surface area contributed by atoms with Crippen LogP contribution in [0.2, 0.25) is 0 Å². The van der Waals surface area contributed by atoms with Crippen molar-refractivity contribution in [1.29, 1.82) is 0 Å². The van der Waals surface area contributed by atoms with E-state index < -0.39 is 0 Å². The molecular weight excluding hydrogens is 248 g/mol. The van der Waals surface area contributed by atoms with Crippen LogP contribution in [0.1, 0.15) is 65.5 Å². The molecule has 1 rings (SSSR count). The molecule has 2 heteroatoms. The molecule has 2 nitrogen and oxygen atoms in total. The van der Waals surface area contributed by atoms with E-state index in [-0.39, 0.29) is 11.2 Å². The third kappa shape index (κ3) is 4.60. The van der Waals surface area contributed by atoms with Gasteiger partial charge in [-0.3, -0.25) is 0 Å². The van der Waals surface area contributed by atoms with Crippen LogP contribution in [-0.2, 0) is 20.7 Å². The Balaban J connectivity index is 2.82. The zero-order valence-corrected chi connectivity index (χ0v) is 14.0. The van der Waals surface area contributed by atoms with Gasteiger partial charge in [-0.05, 0) is 51.7 Å². The SMILES string of the molecule is CCCOC(C)(C)c1ccc(C(C)(C)OCCC)cc1. The fourth-order valence-electron chi connectivity index (χ4n) is 2.15. The first kappa shape index (κ1) is 17.2. The predicted molar refractivity (Wildman–Crippen MR) is 85.0 cm³/mol. The number of hydrogen-bond acceptors (Lipinski definition) is 2. The Bertz CT molecular complexity index is 351. The van der Waals surface area contributed by atoms with Crippen LogP contribution < -0.4 is 0 Å². The van der Waals surface area contributed by atoms with Gasteiger partial charge in [-0.15, -0.1) is 0 Å². The van der Waals surface area contributed by atoms with Crippen molar-refractivity contribution < 1.29 is 9.47 Å². The Morgan fingerprint density at radius 1 is 0.700 bits per heavy atom. The highest BCUT2D eigenvalue weighted by molar-refractivity contribution is 5.29. The number of hydrogen-bond donors (Lipinski definition) is 0. The largest absolute Gasteiger partial charge is 0.371 e. The average Bonchev–Trinajstić information content (AvgIpc) is 2.43. The Kier molecular flexibility index (Phi) is 6.22. The molecule has 0 fully saturated rings. The third-order valence-corrected chi connectivity index (χ3v) is 3.61. The van der Waals surface area contributed by atoms with Crippen molar-refractivity contribution in [2.45, 2.75) is 65.6 Å². The zero-order chi connectivity index (χ0) is 15.2. The quantitative estimate of drug-likeness (QED) is 0.665. The van der Waals surface area contributed by atoms with Gasteiger partial charge in [0, 0.05) is 13.2 Å². The minimum atomic E-state index is -0.233. The van der Waals surface area contributed by atoms with Gasteiger partial charge in [0.15, 0.2) is 0 Å². The summed E-state index contributed by atoms with van der Waals surface area (Å²) < 4.78 is 11.8. The van der Waals surface area contributed by atoms with Crippen LogP contribution in [-0.4, -0.2) is 13.2 Å². The van der Waals surface area contributed by atoms with E-state index in [9.17, 15) is 0 Å². The van der Waals surface area contributed by atoms with E-state index in [2.05, 4.69) is 65.8 Å². The molecule has 0 N–H and O–H groups in total. The first-order chi connectivity index (χ1) is 9.33. The molecule has 1 aromatic carbocycles. The van der Waals surface area contributed by atoms with Crippen LogP contribution >= 0.6 is 0 Å². The molecule has 0 atom stereocenters. The molecule has 0 heterocycles. The lowest BCUT2D eigenvalue weighted by atomic mass is 9.92. The molecule has 0 radical (unpaired) electrons. The van der Waals surface area contributed by atoms with Gasteiger partial charge in [-0.2, -0.15) is 0 Å². The standard InChI is InChI=1S/C18H30O2/c1-7-13-19-17(3,4)15-9-11-16(12-10-15)18(5,6)20-14-8-2/h9-12H,7-8,13-14H2,1-6H3. The normalized spacial score (nSPS) is 12.7. The molecule has 0 aromatic heterocycles. The monoisotopic (exact) mass is 278 g/mol. The maximum Gasteiger partial charge on any atom is 0.0875 e. The van der Waals surface area contributed by atoms with Crippen molar-refractivity contribution in [2.24, 2.45) is 0 Å². The molecule has 0 amide bonds. The van der Waals surface area contributed by atoms with Gasteiger partial charge < -0.3 is 9.47 Å². The molecule has 0 aliphatic carbocycles. The van der Waals surface area contributed by atoms with E-state index in [0.717, 1.165) is 26.1 Å². The van der Waals surface area contributed by atoms with Crippen LogP contribution in [0.25, 0.3) is 0 Å². The van der Waals surface area contributed by atoms with Gasteiger partial charge in [0.05, 0.1) is 11.2 Å². The van der Waals surface area contributed by atoms with Crippen LogP contribution in [0.4, 0.5) is 0 Å². The molecule has 20 heavy (non-hydrogen) atoms. The van der Waals surface area contributed by atoms with E-state index >= 15 is 0 Å². The summed E-state index contributed by atoms with van der Waals surface area (Å²) >= 11 is 0. The summed E-state index contributed by atoms with van der Waals surface area (Å²) in [4.78, 5) is 0. The molecule has 0 spiro atoms. The Labute approximate surface area is 124 Å². The topological polar surface area (TPSA) is 18.5 Å². The first-order valence-corrected chi connectivity index (χ1v) is 7.72. The van der Waals surface area contributed by atoms with E-state index in [1.807, 2.05) is 0 Å². The predicted octanol–water partition coefficient (Wildman–Crippen LogP) is 5.01. The second kappa shape index (κ2) is 7.24. The van der Waals surface area contributed by atoms with Gasteiger partial charge in [-0.25, -0.2) is 0 Å². The lowest BCUT2D eigenvalue weighted by Gasteiger charge is -2.29. The second-order valence-electron chi connectivity index (χ2n) is 6.29. The molecule has 0 unspecified atom stereocenters. The average molecular weight is 278 g/mol. The second-order valence-corrected chi connectivity index (χ2v) is 6.29. The molecule has 0 saturated heterocycles. The summed E-state index contributed by atoms with van der Waals surface area (Å²) in [6.07, 6.45) is 2.08. The summed E-state index contributed by atoms with van der Waals surface area (Å²) in [5, 5.41) is 0. The van der Waals surface area contributed by atoms with Crippen LogP contribution in [0.5, 0.6) is 0 Å². The fraction of sp³-hybridized carbons (Fsp3) is 0.667. The maximum atomic E-state index is 5.92. The van der Waals surface area contributed by atoms with Crippen molar-refractivity contribution in [3.05, 3.63) is 35.4 Å². The summed E-state index contributed by atoms with van der Waals surface area (Å²) in [5.74, 6) is 0. The van der Waals surface area contributed by atoms with Crippen LogP contribution in [0.15, 0.2) is 24.3 Å². The molecule has 1 aromatic rings. The van der Waals surface area contributed by atoms with E-state index in [1.165, 1.54) is 11.1 Å². The summed E-state index contributed by atoms with van der Waals surface area (Å²) in [6.45, 7) is 14.3. The highest BCUT2D eigenvalue weighted by atomic mass is 16.5. The Morgan fingerprint density at radius 2 is 1.00 bits per heavy atom. The fourth-order valence-corrected chi connectivity index (χ4v) is 2.15. The van der Waals surface area contributed by atoms with Gasteiger partial charge >= 0.3 is 0 Å². The molecule has 0 saturated carbocycles. The number of ether oxygens (including phenoxy) is 2. The smallest absolute Gasteiger partial charge is 0.0875 e. The van der Waals surface area contributed by atoms with Gasteiger partial charge in [0.1, 0.15) is 0 Å². The van der Waals surface area contributed by atoms with E-state index in [1.54, 1.807) is 0 Å². The highest BCUT2D eigenvalue weighted by Gasteiger charge is 2.24. The lowest BCUT2D eigenvalue weighted by molar-refractivity contribution is -0.0240. The van der Waals surface area contributed by atoms with Crippen molar-refractivity contribution in [3.63, 3.8) is 0 Å². The molecule has 114 valence electrons. The van der Waals surface area contributed by atoms with Gasteiger partial charge in [0.2, 0.25) is 0 Å². The summed E-state index contributed by atoms with van der Waals surface area (Å²) in [7, 11) is 0. The van der Waals surface area contributed by atoms with E-state index in [4.69, 9.17) is 9.47 Å². The lowest BCUT2D eigenvalue weighted by Crippen LogP contribution is -2.24. The van der Waals surface area contributed by atoms with Crippen molar-refractivity contribution in [3.8, 4) is 0 Å². The van der Waals surface area contributed by atoms with Crippen molar-refractivity contribution in [2.75, 3.05) is 13.2 Å². The molecule has 0 aliphatic rings. The minimum Gasteiger partial charge on any atom is -0.371 e. The van der Waals surface area contributed by atoms with Crippen LogP contribution in [0, 0.1) is 0 Å². The molecule has 0 aliphatic heterocycles.